The van der Waals surface area contributed by atoms with E-state index in [4.69, 9.17) is 16.3 Å². The Labute approximate surface area is 194 Å². The topological polar surface area (TPSA) is 49.9 Å². The number of sulfonamides is 1. The van der Waals surface area contributed by atoms with Crippen LogP contribution in [-0.2, 0) is 10.0 Å². The maximum atomic E-state index is 13.1. The molecule has 2 unspecified atom stereocenters. The van der Waals surface area contributed by atoms with Gasteiger partial charge in [0, 0.05) is 42.3 Å². The molecule has 5 rings (SSSR count). The van der Waals surface area contributed by atoms with Gasteiger partial charge in [-0.15, -0.1) is 0 Å². The van der Waals surface area contributed by atoms with Crippen LogP contribution in [0.25, 0.3) is 11.1 Å². The lowest BCUT2D eigenvalue weighted by atomic mass is 10.1. The molecule has 166 valence electrons. The van der Waals surface area contributed by atoms with Gasteiger partial charge in [-0.2, -0.15) is 4.31 Å². The number of para-hydroxylation sites is 1. The van der Waals surface area contributed by atoms with E-state index in [1.54, 1.807) is 22.5 Å². The summed E-state index contributed by atoms with van der Waals surface area (Å²) in [4.78, 5) is 2.62. The van der Waals surface area contributed by atoms with E-state index >= 15 is 0 Å². The molecular formula is C25H25ClN2O3S. The van der Waals surface area contributed by atoms with Crippen molar-refractivity contribution in [2.45, 2.75) is 23.4 Å². The van der Waals surface area contributed by atoms with Gasteiger partial charge in [0.2, 0.25) is 10.0 Å². The first-order chi connectivity index (χ1) is 15.5. The standard InChI is InChI=1S/C25H25ClN2O3S/c26-20-9-6-10-23(15-20)32(29,30)28-18-21-16-22(28)17-27(21)13-14-31-25-12-5-4-11-24(25)19-7-2-1-3-8-19/h1-12,15,21-22H,13-14,16-18H2. The molecule has 2 aliphatic rings. The van der Waals surface area contributed by atoms with Gasteiger partial charge in [-0.05, 0) is 36.2 Å². The summed E-state index contributed by atoms with van der Waals surface area (Å²) in [5.74, 6) is 0.869. The van der Waals surface area contributed by atoms with E-state index in [1.165, 1.54) is 6.07 Å². The van der Waals surface area contributed by atoms with Crippen LogP contribution in [0.1, 0.15) is 6.42 Å². The Bertz CT molecular complexity index is 1200. The number of piperazine rings is 1. The number of rotatable bonds is 7. The highest BCUT2D eigenvalue weighted by Crippen LogP contribution is 2.35. The fraction of sp³-hybridized carbons (Fsp3) is 0.280. The zero-order valence-electron chi connectivity index (χ0n) is 17.6. The zero-order valence-corrected chi connectivity index (χ0v) is 19.2. The van der Waals surface area contributed by atoms with Crippen molar-refractivity contribution in [3.8, 4) is 16.9 Å². The van der Waals surface area contributed by atoms with E-state index in [2.05, 4.69) is 23.1 Å². The lowest BCUT2D eigenvalue weighted by molar-refractivity contribution is 0.153. The summed E-state index contributed by atoms with van der Waals surface area (Å²) in [5.41, 5.74) is 2.21. The van der Waals surface area contributed by atoms with Crippen LogP contribution in [0.3, 0.4) is 0 Å². The van der Waals surface area contributed by atoms with Crippen molar-refractivity contribution in [1.82, 2.24) is 9.21 Å². The van der Waals surface area contributed by atoms with E-state index in [9.17, 15) is 8.42 Å². The molecule has 0 radical (unpaired) electrons. The molecule has 0 N–H and O–H groups in total. The molecule has 2 fully saturated rings. The highest BCUT2D eigenvalue weighted by Gasteiger charge is 2.48. The molecule has 2 heterocycles. The van der Waals surface area contributed by atoms with Crippen molar-refractivity contribution >= 4 is 21.6 Å². The van der Waals surface area contributed by atoms with Gasteiger partial charge in [0.1, 0.15) is 12.4 Å². The van der Waals surface area contributed by atoms with E-state index < -0.39 is 10.0 Å². The van der Waals surface area contributed by atoms with E-state index in [1.807, 2.05) is 36.4 Å². The molecule has 32 heavy (non-hydrogen) atoms. The average molecular weight is 469 g/mol. The summed E-state index contributed by atoms with van der Waals surface area (Å²) in [7, 11) is -3.52. The van der Waals surface area contributed by atoms with Crippen molar-refractivity contribution in [2.75, 3.05) is 26.2 Å². The number of halogens is 1. The van der Waals surface area contributed by atoms with Gasteiger partial charge in [-0.1, -0.05) is 66.2 Å². The van der Waals surface area contributed by atoms with Gasteiger partial charge in [0.05, 0.1) is 4.90 Å². The Morgan fingerprint density at radius 3 is 2.44 bits per heavy atom. The van der Waals surface area contributed by atoms with Crippen LogP contribution in [0.2, 0.25) is 5.02 Å². The Kier molecular flexibility index (Phi) is 5.95. The third-order valence-electron chi connectivity index (χ3n) is 6.31. The Morgan fingerprint density at radius 2 is 1.69 bits per heavy atom. The van der Waals surface area contributed by atoms with Crippen molar-refractivity contribution in [3.63, 3.8) is 0 Å². The van der Waals surface area contributed by atoms with Crippen LogP contribution in [0.4, 0.5) is 0 Å². The first-order valence-corrected chi connectivity index (χ1v) is 12.6. The SMILES string of the molecule is O=S(=O)(c1cccc(Cl)c1)N1CC2CC1CN2CCOc1ccccc1-c1ccccc1. The summed E-state index contributed by atoms with van der Waals surface area (Å²) >= 11 is 6.01. The Hall–Kier alpha value is -2.38. The second-order valence-corrected chi connectivity index (χ2v) is 10.6. The number of benzene rings is 3. The van der Waals surface area contributed by atoms with Gasteiger partial charge in [0.25, 0.3) is 0 Å². The monoisotopic (exact) mass is 468 g/mol. The number of likely N-dealkylation sites (tertiary alicyclic amines) is 1. The van der Waals surface area contributed by atoms with E-state index in [-0.39, 0.29) is 17.0 Å². The summed E-state index contributed by atoms with van der Waals surface area (Å²) in [6.45, 7) is 2.58. The Morgan fingerprint density at radius 1 is 0.906 bits per heavy atom. The molecule has 0 spiro atoms. The summed E-state index contributed by atoms with van der Waals surface area (Å²) in [6.07, 6.45) is 0.862. The largest absolute Gasteiger partial charge is 0.492 e. The predicted octanol–water partition coefficient (Wildman–Crippen LogP) is 4.53. The smallest absolute Gasteiger partial charge is 0.243 e. The highest BCUT2D eigenvalue weighted by atomic mass is 35.5. The van der Waals surface area contributed by atoms with Crippen LogP contribution in [0.5, 0.6) is 5.75 Å². The maximum Gasteiger partial charge on any atom is 0.243 e. The quantitative estimate of drug-likeness (QED) is 0.511. The molecule has 3 aromatic carbocycles. The van der Waals surface area contributed by atoms with Crippen LogP contribution < -0.4 is 4.74 Å². The number of ether oxygens (including phenoxy) is 1. The Balaban J connectivity index is 1.20. The molecule has 2 atom stereocenters. The molecule has 0 saturated carbocycles. The van der Waals surface area contributed by atoms with E-state index in [0.29, 0.717) is 18.2 Å². The molecule has 0 aliphatic carbocycles. The summed E-state index contributed by atoms with van der Waals surface area (Å²) in [6, 6.07) is 25.0. The first-order valence-electron chi connectivity index (χ1n) is 10.8. The minimum absolute atomic E-state index is 0.000543. The van der Waals surface area contributed by atoms with Gasteiger partial charge in [-0.25, -0.2) is 8.42 Å². The lowest BCUT2D eigenvalue weighted by Crippen LogP contribution is -2.49. The molecule has 3 aromatic rings. The minimum Gasteiger partial charge on any atom is -0.492 e. The fourth-order valence-electron chi connectivity index (χ4n) is 4.77. The minimum atomic E-state index is -3.52. The lowest BCUT2D eigenvalue weighted by Gasteiger charge is -2.33. The van der Waals surface area contributed by atoms with Gasteiger partial charge in [-0.3, -0.25) is 4.90 Å². The molecule has 0 amide bonds. The van der Waals surface area contributed by atoms with Gasteiger partial charge in [0.15, 0.2) is 0 Å². The average Bonchev–Trinajstić information content (AvgIpc) is 3.41. The molecule has 2 aliphatic heterocycles. The van der Waals surface area contributed by atoms with Crippen molar-refractivity contribution in [1.29, 1.82) is 0 Å². The highest BCUT2D eigenvalue weighted by molar-refractivity contribution is 7.89. The van der Waals surface area contributed by atoms with Crippen molar-refractivity contribution in [3.05, 3.63) is 83.9 Å². The predicted molar refractivity (Wildman–Crippen MR) is 126 cm³/mol. The molecule has 2 saturated heterocycles. The van der Waals surface area contributed by atoms with Crippen LogP contribution >= 0.6 is 11.6 Å². The summed E-state index contributed by atoms with van der Waals surface area (Å²) in [5, 5.41) is 0.435. The zero-order chi connectivity index (χ0) is 22.1. The molecular weight excluding hydrogens is 444 g/mol. The normalized spacial score (nSPS) is 21.2. The van der Waals surface area contributed by atoms with Gasteiger partial charge >= 0.3 is 0 Å². The number of hydrogen-bond acceptors (Lipinski definition) is 4. The number of nitrogens with zero attached hydrogens (tertiary/aromatic N) is 2. The van der Waals surface area contributed by atoms with Gasteiger partial charge < -0.3 is 4.74 Å². The molecule has 0 aromatic heterocycles. The van der Waals surface area contributed by atoms with Crippen molar-refractivity contribution in [2.24, 2.45) is 0 Å². The first kappa shape index (κ1) is 21.5. The third-order valence-corrected chi connectivity index (χ3v) is 8.46. The van der Waals surface area contributed by atoms with Crippen LogP contribution in [0, 0.1) is 0 Å². The van der Waals surface area contributed by atoms with Crippen molar-refractivity contribution < 1.29 is 13.2 Å². The number of hydrogen-bond donors (Lipinski definition) is 0. The molecule has 5 nitrogen and oxygen atoms in total. The van der Waals surface area contributed by atoms with Crippen LogP contribution in [0.15, 0.2) is 83.8 Å². The van der Waals surface area contributed by atoms with Crippen LogP contribution in [-0.4, -0.2) is 55.9 Å². The number of fused-ring (bicyclic) bond motifs is 2. The molecule has 2 bridgehead atoms. The summed E-state index contributed by atoms with van der Waals surface area (Å²) < 4.78 is 34.0. The molecule has 7 heteroatoms. The second-order valence-electron chi connectivity index (χ2n) is 8.28. The third kappa shape index (κ3) is 4.16. The second kappa shape index (κ2) is 8.87. The maximum absolute atomic E-state index is 13.1. The fourth-order valence-corrected chi connectivity index (χ4v) is 6.73. The van der Waals surface area contributed by atoms with E-state index in [0.717, 1.165) is 36.4 Å².